The summed E-state index contributed by atoms with van der Waals surface area (Å²) in [4.78, 5) is 26.5. The molecule has 3 amide bonds. The van der Waals surface area contributed by atoms with Crippen molar-refractivity contribution in [1.82, 2.24) is 14.6 Å². The van der Waals surface area contributed by atoms with Crippen molar-refractivity contribution in [2.45, 2.75) is 57.7 Å². The van der Waals surface area contributed by atoms with E-state index in [4.69, 9.17) is 10.5 Å². The molecule has 1 aromatic carbocycles. The Morgan fingerprint density at radius 2 is 1.92 bits per heavy atom. The van der Waals surface area contributed by atoms with Gasteiger partial charge in [0.05, 0.1) is 11.7 Å². The summed E-state index contributed by atoms with van der Waals surface area (Å²) in [5.74, 6) is -1.72. The predicted molar refractivity (Wildman–Crippen MR) is 134 cm³/mol. The molecular formula is C24H33F2N5O4S. The molecule has 0 aliphatic carbocycles. The number of aliphatic hydroxyl groups excluding tert-OH is 1. The first-order chi connectivity index (χ1) is 17.2. The van der Waals surface area contributed by atoms with Gasteiger partial charge in [-0.15, -0.1) is 0 Å². The molecule has 2 heterocycles. The van der Waals surface area contributed by atoms with Crippen LogP contribution in [0.3, 0.4) is 0 Å². The smallest absolute Gasteiger partial charge is 0.409 e. The Morgan fingerprint density at radius 1 is 1.22 bits per heavy atom. The fourth-order valence-electron chi connectivity index (χ4n) is 3.96. The second-order valence-electron chi connectivity index (χ2n) is 8.93. The molecule has 1 atom stereocenters. The Kier molecular flexibility index (Phi) is 9.97. The van der Waals surface area contributed by atoms with E-state index in [-0.39, 0.29) is 5.00 Å². The Bertz CT molecular complexity index is 1010. The Labute approximate surface area is 213 Å². The highest BCUT2D eigenvalue weighted by atomic mass is 32.1. The average Bonchev–Trinajstić information content (AvgIpc) is 3.21. The molecular weight excluding hydrogens is 492 g/mol. The number of carbonyl (C=O) groups is 2. The number of hydrogen-bond acceptors (Lipinski definition) is 7. The third kappa shape index (κ3) is 8.10. The number of nitrogens with two attached hydrogens (primary N) is 1. The van der Waals surface area contributed by atoms with Crippen LogP contribution >= 0.6 is 11.5 Å². The fraction of sp³-hybridized carbons (Fsp3) is 0.542. The number of aromatic nitrogens is 1. The zero-order valence-electron chi connectivity index (χ0n) is 20.3. The molecule has 198 valence electrons. The summed E-state index contributed by atoms with van der Waals surface area (Å²) in [7, 11) is 0. The van der Waals surface area contributed by atoms with Gasteiger partial charge in [0, 0.05) is 13.1 Å². The summed E-state index contributed by atoms with van der Waals surface area (Å²) < 4.78 is 37.7. The van der Waals surface area contributed by atoms with Crippen LogP contribution in [-0.2, 0) is 6.11 Å². The third-order valence-corrected chi connectivity index (χ3v) is 6.66. The topological polar surface area (TPSA) is 130 Å². The maximum Gasteiger partial charge on any atom is 0.427 e. The van der Waals surface area contributed by atoms with Crippen LogP contribution in [0.4, 0.5) is 18.6 Å². The molecule has 3 rings (SSSR count). The lowest BCUT2D eigenvalue weighted by Crippen LogP contribution is -2.36. The number of anilines is 1. The molecule has 0 spiro atoms. The highest BCUT2D eigenvalue weighted by molar-refractivity contribution is 7.11. The monoisotopic (exact) mass is 525 g/mol. The van der Waals surface area contributed by atoms with Crippen LogP contribution in [-0.4, -0.2) is 58.6 Å². The maximum atomic E-state index is 14.6. The van der Waals surface area contributed by atoms with E-state index in [1.54, 1.807) is 6.92 Å². The largest absolute Gasteiger partial charge is 0.427 e. The molecule has 1 unspecified atom stereocenters. The zero-order valence-corrected chi connectivity index (χ0v) is 21.1. The molecule has 1 aliphatic rings. The molecule has 5 N–H and O–H groups in total. The van der Waals surface area contributed by atoms with Crippen LogP contribution in [0.1, 0.15) is 60.0 Å². The number of nitrogens with one attached hydrogen (secondary N) is 2. The molecule has 0 radical (unpaired) electrons. The second-order valence-corrected chi connectivity index (χ2v) is 9.71. The van der Waals surface area contributed by atoms with E-state index in [9.17, 15) is 23.5 Å². The van der Waals surface area contributed by atoms with Gasteiger partial charge in [-0.25, -0.2) is 4.79 Å². The highest BCUT2D eigenvalue weighted by Gasteiger charge is 2.37. The van der Waals surface area contributed by atoms with Crippen LogP contribution < -0.4 is 21.1 Å². The van der Waals surface area contributed by atoms with Crippen LogP contribution in [0.5, 0.6) is 5.88 Å². The maximum absolute atomic E-state index is 14.6. The number of nitrogens with zero attached hydrogens (tertiary/aromatic N) is 2. The van der Waals surface area contributed by atoms with Crippen LogP contribution in [0.25, 0.3) is 0 Å². The quantitative estimate of drug-likeness (QED) is 0.312. The number of benzene rings is 1. The molecule has 1 aromatic heterocycles. The number of aliphatic hydroxyl groups is 1. The van der Waals surface area contributed by atoms with E-state index < -0.39 is 41.2 Å². The van der Waals surface area contributed by atoms with Crippen LogP contribution in [0.15, 0.2) is 24.3 Å². The fourth-order valence-corrected chi connectivity index (χ4v) is 4.68. The minimum Gasteiger partial charge on any atom is -0.409 e. The van der Waals surface area contributed by atoms with Gasteiger partial charge in [0.15, 0.2) is 0 Å². The number of amides is 3. The summed E-state index contributed by atoms with van der Waals surface area (Å²) in [5.41, 5.74) is 5.31. The van der Waals surface area contributed by atoms with E-state index in [1.807, 2.05) is 0 Å². The number of primary amides is 1. The number of carbonyl (C=O) groups excluding carboxylic acids is 2. The van der Waals surface area contributed by atoms with Gasteiger partial charge in [-0.1, -0.05) is 24.1 Å². The van der Waals surface area contributed by atoms with Crippen molar-refractivity contribution in [3.63, 3.8) is 0 Å². The van der Waals surface area contributed by atoms with Crippen molar-refractivity contribution >= 4 is 28.5 Å². The zero-order chi connectivity index (χ0) is 26.1. The minimum atomic E-state index is -3.76. The van der Waals surface area contributed by atoms with Crippen molar-refractivity contribution in [1.29, 1.82) is 0 Å². The molecule has 1 fully saturated rings. The highest BCUT2D eigenvalue weighted by Crippen LogP contribution is 2.37. The number of unbranched alkanes of at least 4 members (excludes halogenated alkanes) is 1. The number of rotatable bonds is 12. The Hall–Kier alpha value is -2.83. The first kappa shape index (κ1) is 27.8. The molecule has 12 heteroatoms. The molecule has 1 aliphatic heterocycles. The van der Waals surface area contributed by atoms with Gasteiger partial charge in [0.2, 0.25) is 5.88 Å². The number of hydrogen-bond donors (Lipinski definition) is 4. The first-order valence-electron chi connectivity index (χ1n) is 12.0. The predicted octanol–water partition coefficient (Wildman–Crippen LogP) is 3.82. The summed E-state index contributed by atoms with van der Waals surface area (Å²) in [6.07, 6.45) is 1.44. The summed E-state index contributed by atoms with van der Waals surface area (Å²) in [5, 5.41) is 15.2. The van der Waals surface area contributed by atoms with Crippen LogP contribution in [0.2, 0.25) is 0 Å². The number of ether oxygens (including phenoxy) is 1. The lowest BCUT2D eigenvalue weighted by Gasteiger charge is -2.28. The molecule has 1 saturated heterocycles. The number of piperidine rings is 1. The van der Waals surface area contributed by atoms with Gasteiger partial charge in [0.1, 0.15) is 10.6 Å². The third-order valence-electron chi connectivity index (χ3n) is 5.91. The second kappa shape index (κ2) is 12.9. The van der Waals surface area contributed by atoms with Gasteiger partial charge in [-0.2, -0.15) is 13.2 Å². The normalized spacial score (nSPS) is 15.3. The Balaban J connectivity index is 1.46. The summed E-state index contributed by atoms with van der Waals surface area (Å²) in [6.45, 7) is 4.82. The van der Waals surface area contributed by atoms with E-state index in [2.05, 4.69) is 19.9 Å². The first-order valence-corrected chi connectivity index (χ1v) is 12.8. The molecule has 0 saturated carbocycles. The molecule has 9 nitrogen and oxygen atoms in total. The molecule has 2 aromatic rings. The van der Waals surface area contributed by atoms with Crippen molar-refractivity contribution in [3.8, 4) is 5.88 Å². The average molecular weight is 526 g/mol. The van der Waals surface area contributed by atoms with Crippen molar-refractivity contribution in [2.75, 3.05) is 31.5 Å². The van der Waals surface area contributed by atoms with Crippen molar-refractivity contribution in [3.05, 3.63) is 41.0 Å². The standard InChI is InChI=1S/C24H33F2N5O4S/c1-16-8-10-17(11-9-16)24(25,26)35-21-19(20(27)33)22(36-30-21)29-23(34)28-12-4-3-7-18(32)15-31-13-5-2-6-14-31/h8-11,18,32H,2-7,12-15H2,1H3,(H2,27,33)(H2,28,29,34). The van der Waals surface area contributed by atoms with E-state index in [0.29, 0.717) is 37.5 Å². The number of aryl methyl sites for hydroxylation is 1. The lowest BCUT2D eigenvalue weighted by molar-refractivity contribution is -0.187. The van der Waals surface area contributed by atoms with Gasteiger partial charge in [0.25, 0.3) is 5.91 Å². The van der Waals surface area contributed by atoms with Crippen LogP contribution in [0, 0.1) is 6.92 Å². The summed E-state index contributed by atoms with van der Waals surface area (Å²) in [6, 6.07) is 4.81. The van der Waals surface area contributed by atoms with Gasteiger partial charge in [-0.05, 0) is 75.8 Å². The molecule has 0 bridgehead atoms. The lowest BCUT2D eigenvalue weighted by atomic mass is 10.1. The van der Waals surface area contributed by atoms with Gasteiger partial charge < -0.3 is 25.8 Å². The summed E-state index contributed by atoms with van der Waals surface area (Å²) >= 11 is 0.616. The number of alkyl halides is 2. The number of urea groups is 1. The number of β-amino-alcohol motifs (C(OH)–C–C–N with tert-alkyl or cyclic N) is 1. The Morgan fingerprint density at radius 3 is 2.58 bits per heavy atom. The van der Waals surface area contributed by atoms with E-state index in [0.717, 1.165) is 25.1 Å². The van der Waals surface area contributed by atoms with Crippen molar-refractivity contribution < 1.29 is 28.2 Å². The van der Waals surface area contributed by atoms with E-state index >= 15 is 0 Å². The molecule has 36 heavy (non-hydrogen) atoms. The van der Waals surface area contributed by atoms with Gasteiger partial charge in [-0.3, -0.25) is 10.1 Å². The van der Waals surface area contributed by atoms with Gasteiger partial charge >= 0.3 is 12.1 Å². The van der Waals surface area contributed by atoms with E-state index in [1.165, 1.54) is 43.5 Å². The number of halogens is 2. The number of likely N-dealkylation sites (tertiary alicyclic amines) is 1. The SMILES string of the molecule is Cc1ccc(C(F)(F)Oc2nsc(NC(=O)NCCCCC(O)CN3CCCCC3)c2C(N)=O)cc1. The minimum absolute atomic E-state index is 0.0911. The van der Waals surface area contributed by atoms with Crippen molar-refractivity contribution in [2.24, 2.45) is 5.73 Å².